The fraction of sp³-hybridized carbons (Fsp3) is 0.368. The van der Waals surface area contributed by atoms with Gasteiger partial charge >= 0.3 is 6.18 Å². The molecule has 27 heavy (non-hydrogen) atoms. The summed E-state index contributed by atoms with van der Waals surface area (Å²) in [4.78, 5) is 16.5. The molecule has 144 valence electrons. The molecular weight excluding hydrogens is 379 g/mol. The van der Waals surface area contributed by atoms with Crippen LogP contribution in [0, 0.1) is 0 Å². The SMILES string of the molecule is Cl.O=C1NCC[C@]12CC[C@H](c1cc(-c3ccc(C(F)(F)F)cc3)ccn1)N2. The summed E-state index contributed by atoms with van der Waals surface area (Å²) < 4.78 is 38.1. The Labute approximate surface area is 161 Å². The van der Waals surface area contributed by atoms with Gasteiger partial charge in [-0.25, -0.2) is 0 Å². The maximum atomic E-state index is 12.7. The van der Waals surface area contributed by atoms with Gasteiger partial charge in [-0.05, 0) is 54.7 Å². The number of benzene rings is 1. The van der Waals surface area contributed by atoms with Crippen LogP contribution in [-0.2, 0) is 11.0 Å². The van der Waals surface area contributed by atoms with Crippen molar-refractivity contribution in [3.05, 3.63) is 53.9 Å². The second-order valence-corrected chi connectivity index (χ2v) is 6.87. The van der Waals surface area contributed by atoms with Crippen LogP contribution in [-0.4, -0.2) is 23.0 Å². The molecule has 2 aliphatic rings. The number of nitrogens with zero attached hydrogens (tertiary/aromatic N) is 1. The van der Waals surface area contributed by atoms with Crippen LogP contribution < -0.4 is 10.6 Å². The average Bonchev–Trinajstić information content (AvgIpc) is 3.22. The maximum Gasteiger partial charge on any atom is 0.416 e. The van der Waals surface area contributed by atoms with E-state index in [0.29, 0.717) is 12.1 Å². The van der Waals surface area contributed by atoms with E-state index in [2.05, 4.69) is 15.6 Å². The van der Waals surface area contributed by atoms with Gasteiger partial charge in [0.2, 0.25) is 5.91 Å². The monoisotopic (exact) mass is 397 g/mol. The molecule has 1 aromatic heterocycles. The van der Waals surface area contributed by atoms with Gasteiger partial charge in [0.05, 0.1) is 17.3 Å². The third-order valence-corrected chi connectivity index (χ3v) is 5.27. The predicted octanol–water partition coefficient (Wildman–Crippen LogP) is 3.87. The summed E-state index contributed by atoms with van der Waals surface area (Å²) in [5.74, 6) is 0.0406. The number of carbonyl (C=O) groups is 1. The summed E-state index contributed by atoms with van der Waals surface area (Å²) in [5.41, 5.74) is 1.15. The molecule has 0 radical (unpaired) electrons. The van der Waals surface area contributed by atoms with Gasteiger partial charge in [0.25, 0.3) is 0 Å². The first kappa shape index (κ1) is 19.6. The normalized spacial score (nSPS) is 24.7. The molecule has 2 atom stereocenters. The summed E-state index contributed by atoms with van der Waals surface area (Å²) in [6.07, 6.45) is -0.358. The van der Waals surface area contributed by atoms with Gasteiger partial charge < -0.3 is 5.32 Å². The summed E-state index contributed by atoms with van der Waals surface area (Å²) in [6, 6.07) is 8.73. The maximum absolute atomic E-state index is 12.7. The fourth-order valence-electron chi connectivity index (χ4n) is 3.81. The molecule has 1 spiro atoms. The third kappa shape index (κ3) is 3.66. The lowest BCUT2D eigenvalue weighted by atomic mass is 9.96. The van der Waals surface area contributed by atoms with Crippen LogP contribution in [0.4, 0.5) is 13.2 Å². The van der Waals surface area contributed by atoms with Crippen molar-refractivity contribution in [1.29, 1.82) is 0 Å². The van der Waals surface area contributed by atoms with Crippen molar-refractivity contribution in [2.24, 2.45) is 0 Å². The van der Waals surface area contributed by atoms with E-state index in [4.69, 9.17) is 0 Å². The molecule has 8 heteroatoms. The van der Waals surface area contributed by atoms with Crippen molar-refractivity contribution in [1.82, 2.24) is 15.6 Å². The Morgan fingerprint density at radius 3 is 2.44 bits per heavy atom. The molecule has 0 bridgehead atoms. The number of aromatic nitrogens is 1. The van der Waals surface area contributed by atoms with Crippen LogP contribution in [0.1, 0.15) is 36.6 Å². The predicted molar refractivity (Wildman–Crippen MR) is 97.4 cm³/mol. The Bertz CT molecular complexity index is 841. The standard InChI is InChI=1S/C19H18F3N3O.ClH/c20-19(21,22)14-3-1-12(2-4-14)13-6-9-23-16(11-13)15-5-7-18(25-15)8-10-24-17(18)26;/h1-4,6,9,11,15,25H,5,7-8,10H2,(H,24,26);1H/t15-,18-;/m1./s1. The average molecular weight is 398 g/mol. The summed E-state index contributed by atoms with van der Waals surface area (Å²) in [7, 11) is 0. The third-order valence-electron chi connectivity index (χ3n) is 5.27. The highest BCUT2D eigenvalue weighted by Crippen LogP contribution is 2.37. The molecule has 2 N–H and O–H groups in total. The molecule has 4 rings (SSSR count). The molecule has 2 aromatic rings. The summed E-state index contributed by atoms with van der Waals surface area (Å²) in [6.45, 7) is 0.678. The van der Waals surface area contributed by atoms with Crippen LogP contribution >= 0.6 is 12.4 Å². The molecule has 0 saturated carbocycles. The number of hydrogen-bond donors (Lipinski definition) is 2. The molecule has 0 unspecified atom stereocenters. The number of hydrogen-bond acceptors (Lipinski definition) is 3. The minimum atomic E-state index is -4.34. The first-order chi connectivity index (χ1) is 12.4. The van der Waals surface area contributed by atoms with Crippen LogP contribution in [0.2, 0.25) is 0 Å². The van der Waals surface area contributed by atoms with Crippen molar-refractivity contribution in [2.75, 3.05) is 6.54 Å². The molecule has 2 saturated heterocycles. The number of pyridine rings is 1. The Kier molecular flexibility index (Phi) is 5.18. The van der Waals surface area contributed by atoms with Gasteiger partial charge in [-0.2, -0.15) is 13.2 Å². The topological polar surface area (TPSA) is 54.0 Å². The zero-order valence-electron chi connectivity index (χ0n) is 14.3. The molecule has 1 aromatic carbocycles. The van der Waals surface area contributed by atoms with E-state index in [1.54, 1.807) is 12.3 Å². The summed E-state index contributed by atoms with van der Waals surface area (Å²) in [5, 5.41) is 6.28. The van der Waals surface area contributed by atoms with Gasteiger partial charge in [-0.3, -0.25) is 15.1 Å². The van der Waals surface area contributed by atoms with Crippen molar-refractivity contribution in [3.8, 4) is 11.1 Å². The smallest absolute Gasteiger partial charge is 0.354 e. The number of amides is 1. The lowest BCUT2D eigenvalue weighted by molar-refractivity contribution is -0.137. The van der Waals surface area contributed by atoms with E-state index in [9.17, 15) is 18.0 Å². The van der Waals surface area contributed by atoms with Gasteiger partial charge in [0, 0.05) is 12.7 Å². The zero-order valence-corrected chi connectivity index (χ0v) is 15.2. The van der Waals surface area contributed by atoms with Crippen molar-refractivity contribution in [3.63, 3.8) is 0 Å². The van der Waals surface area contributed by atoms with E-state index in [-0.39, 0.29) is 24.4 Å². The van der Waals surface area contributed by atoms with Crippen LogP contribution in [0.15, 0.2) is 42.6 Å². The van der Waals surface area contributed by atoms with Crippen molar-refractivity contribution >= 4 is 18.3 Å². The Morgan fingerprint density at radius 2 is 1.81 bits per heavy atom. The van der Waals surface area contributed by atoms with E-state index < -0.39 is 17.3 Å². The second kappa shape index (κ2) is 7.13. The number of nitrogens with one attached hydrogen (secondary N) is 2. The van der Waals surface area contributed by atoms with Crippen molar-refractivity contribution in [2.45, 2.75) is 37.0 Å². The first-order valence-electron chi connectivity index (χ1n) is 8.57. The Hall–Kier alpha value is -2.12. The minimum absolute atomic E-state index is 0. The van der Waals surface area contributed by atoms with Gasteiger partial charge in [-0.15, -0.1) is 12.4 Å². The van der Waals surface area contributed by atoms with Crippen molar-refractivity contribution < 1.29 is 18.0 Å². The molecular formula is C19H19ClF3N3O. The molecule has 0 aliphatic carbocycles. The number of carbonyl (C=O) groups excluding carboxylic acids is 1. The van der Waals surface area contributed by atoms with Gasteiger partial charge in [-0.1, -0.05) is 12.1 Å². The van der Waals surface area contributed by atoms with E-state index in [1.807, 2.05) is 6.07 Å². The highest BCUT2D eigenvalue weighted by atomic mass is 35.5. The summed E-state index contributed by atoms with van der Waals surface area (Å²) >= 11 is 0. The lowest BCUT2D eigenvalue weighted by Gasteiger charge is -2.21. The largest absolute Gasteiger partial charge is 0.416 e. The number of halogens is 4. The number of alkyl halides is 3. The Morgan fingerprint density at radius 1 is 1.07 bits per heavy atom. The fourth-order valence-corrected chi connectivity index (χ4v) is 3.81. The molecule has 1 amide bonds. The molecule has 2 fully saturated rings. The van der Waals surface area contributed by atoms with Gasteiger partial charge in [0.1, 0.15) is 5.54 Å². The zero-order chi connectivity index (χ0) is 18.4. The van der Waals surface area contributed by atoms with E-state index >= 15 is 0 Å². The van der Waals surface area contributed by atoms with Crippen LogP contribution in [0.3, 0.4) is 0 Å². The minimum Gasteiger partial charge on any atom is -0.354 e. The Balaban J connectivity index is 0.00000210. The lowest BCUT2D eigenvalue weighted by Crippen LogP contribution is -2.47. The quantitative estimate of drug-likeness (QED) is 0.808. The molecule has 3 heterocycles. The van der Waals surface area contributed by atoms with Crippen LogP contribution in [0.5, 0.6) is 0 Å². The van der Waals surface area contributed by atoms with E-state index in [1.165, 1.54) is 12.1 Å². The van der Waals surface area contributed by atoms with Crippen LogP contribution in [0.25, 0.3) is 11.1 Å². The molecule has 4 nitrogen and oxygen atoms in total. The highest BCUT2D eigenvalue weighted by Gasteiger charge is 2.48. The van der Waals surface area contributed by atoms with E-state index in [0.717, 1.165) is 42.7 Å². The molecule has 2 aliphatic heterocycles. The second-order valence-electron chi connectivity index (χ2n) is 6.87. The first-order valence-corrected chi connectivity index (χ1v) is 8.57. The highest BCUT2D eigenvalue weighted by molar-refractivity contribution is 5.88. The van der Waals surface area contributed by atoms with Gasteiger partial charge in [0.15, 0.2) is 0 Å². The number of rotatable bonds is 2.